The highest BCUT2D eigenvalue weighted by molar-refractivity contribution is 7.99. The Bertz CT molecular complexity index is 236. The van der Waals surface area contributed by atoms with Crippen LogP contribution in [0.25, 0.3) is 0 Å². The molecule has 80 valence electrons. The fourth-order valence-electron chi connectivity index (χ4n) is 2.26. The van der Waals surface area contributed by atoms with Gasteiger partial charge in [0.1, 0.15) is 0 Å². The Hall–Kier alpha value is -0.220. The summed E-state index contributed by atoms with van der Waals surface area (Å²) in [6, 6.07) is 0.0670. The van der Waals surface area contributed by atoms with Gasteiger partial charge < -0.3 is 4.90 Å². The van der Waals surface area contributed by atoms with Gasteiger partial charge in [0.25, 0.3) is 0 Å². The molecule has 0 aliphatic carbocycles. The first kappa shape index (κ1) is 10.3. The molecule has 14 heavy (non-hydrogen) atoms. The Labute approximate surface area is 89.6 Å². The summed E-state index contributed by atoms with van der Waals surface area (Å²) in [7, 11) is 0. The molecule has 2 heterocycles. The zero-order chi connectivity index (χ0) is 10.2. The third-order valence-electron chi connectivity index (χ3n) is 3.18. The van der Waals surface area contributed by atoms with Gasteiger partial charge in [-0.3, -0.25) is 10.1 Å². The van der Waals surface area contributed by atoms with Gasteiger partial charge in [-0.2, -0.15) is 0 Å². The molecule has 3 nitrogen and oxygen atoms in total. The summed E-state index contributed by atoms with van der Waals surface area (Å²) in [6.45, 7) is 5.27. The summed E-state index contributed by atoms with van der Waals surface area (Å²) in [6.07, 6.45) is 2.29. The van der Waals surface area contributed by atoms with Crippen LogP contribution in [0.2, 0.25) is 0 Å². The van der Waals surface area contributed by atoms with E-state index in [4.69, 9.17) is 0 Å². The van der Waals surface area contributed by atoms with Crippen LogP contribution >= 0.6 is 11.8 Å². The average molecular weight is 214 g/mol. The summed E-state index contributed by atoms with van der Waals surface area (Å²) in [5.41, 5.74) is 0.0754. The molecule has 1 amide bonds. The zero-order valence-electron chi connectivity index (χ0n) is 8.88. The highest BCUT2D eigenvalue weighted by atomic mass is 32.2. The minimum atomic E-state index is 0.0670. The van der Waals surface area contributed by atoms with Crippen molar-refractivity contribution in [2.24, 2.45) is 0 Å². The third-order valence-corrected chi connectivity index (χ3v) is 4.12. The normalized spacial score (nSPS) is 31.0. The number of carbonyl (C=O) groups is 1. The van der Waals surface area contributed by atoms with Gasteiger partial charge in [-0.25, -0.2) is 0 Å². The topological polar surface area (TPSA) is 32.3 Å². The first-order chi connectivity index (χ1) is 6.61. The maximum atomic E-state index is 12.1. The molecule has 1 N–H and O–H groups in total. The predicted octanol–water partition coefficient (Wildman–Crippen LogP) is 1.05. The van der Waals surface area contributed by atoms with E-state index < -0.39 is 0 Å². The maximum absolute atomic E-state index is 12.1. The van der Waals surface area contributed by atoms with E-state index in [2.05, 4.69) is 24.1 Å². The van der Waals surface area contributed by atoms with E-state index in [1.807, 2.05) is 11.8 Å². The number of thioether (sulfide) groups is 1. The molecule has 4 heteroatoms. The second-order valence-corrected chi connectivity index (χ2v) is 5.71. The van der Waals surface area contributed by atoms with Crippen LogP contribution in [0.1, 0.15) is 26.7 Å². The molecular weight excluding hydrogens is 196 g/mol. The molecule has 0 radical (unpaired) electrons. The molecule has 2 rings (SSSR count). The standard InChI is InChI=1S/C10H18N2OS/c1-10(2)4-3-5-12(10)9(13)8-6-14-7-11-8/h8,11H,3-7H2,1-2H3. The van der Waals surface area contributed by atoms with E-state index in [0.29, 0.717) is 5.91 Å². The molecule has 1 unspecified atom stereocenters. The third kappa shape index (κ3) is 1.77. The SMILES string of the molecule is CC1(C)CCCN1C(=O)C1CSCN1. The van der Waals surface area contributed by atoms with Gasteiger partial charge in [0.05, 0.1) is 6.04 Å². The van der Waals surface area contributed by atoms with Crippen molar-refractivity contribution in [2.45, 2.75) is 38.3 Å². The first-order valence-electron chi connectivity index (χ1n) is 5.24. The smallest absolute Gasteiger partial charge is 0.241 e. The van der Waals surface area contributed by atoms with Gasteiger partial charge in [0, 0.05) is 23.7 Å². The number of rotatable bonds is 1. The Morgan fingerprint density at radius 2 is 2.36 bits per heavy atom. The van der Waals surface area contributed by atoms with Crippen LogP contribution in [0, 0.1) is 0 Å². The van der Waals surface area contributed by atoms with Crippen LogP contribution in [-0.2, 0) is 4.79 Å². The lowest BCUT2D eigenvalue weighted by Gasteiger charge is -2.33. The molecule has 0 aromatic heterocycles. The Morgan fingerprint density at radius 3 is 2.86 bits per heavy atom. The molecule has 2 saturated heterocycles. The Kier molecular flexibility index (Phi) is 2.75. The van der Waals surface area contributed by atoms with E-state index in [1.165, 1.54) is 0 Å². The van der Waals surface area contributed by atoms with Crippen molar-refractivity contribution in [2.75, 3.05) is 18.2 Å². The van der Waals surface area contributed by atoms with Crippen molar-refractivity contribution in [3.05, 3.63) is 0 Å². The van der Waals surface area contributed by atoms with Gasteiger partial charge in [0.2, 0.25) is 5.91 Å². The Balaban J connectivity index is 2.03. The number of likely N-dealkylation sites (tertiary alicyclic amines) is 1. The fourth-order valence-corrected chi connectivity index (χ4v) is 3.19. The lowest BCUT2D eigenvalue weighted by atomic mass is 10.0. The van der Waals surface area contributed by atoms with E-state index in [-0.39, 0.29) is 11.6 Å². The van der Waals surface area contributed by atoms with Gasteiger partial charge in [-0.05, 0) is 26.7 Å². The van der Waals surface area contributed by atoms with Crippen molar-refractivity contribution in [1.82, 2.24) is 10.2 Å². The Morgan fingerprint density at radius 1 is 1.57 bits per heavy atom. The van der Waals surface area contributed by atoms with E-state index in [9.17, 15) is 4.79 Å². The van der Waals surface area contributed by atoms with Crippen LogP contribution < -0.4 is 5.32 Å². The lowest BCUT2D eigenvalue weighted by molar-refractivity contribution is -0.135. The number of hydrogen-bond donors (Lipinski definition) is 1. The van der Waals surface area contributed by atoms with Crippen molar-refractivity contribution < 1.29 is 4.79 Å². The predicted molar refractivity (Wildman–Crippen MR) is 59.3 cm³/mol. The van der Waals surface area contributed by atoms with Crippen LogP contribution in [0.3, 0.4) is 0 Å². The highest BCUT2D eigenvalue weighted by Gasteiger charge is 2.38. The molecule has 0 spiro atoms. The summed E-state index contributed by atoms with van der Waals surface area (Å²) in [5, 5.41) is 3.24. The first-order valence-corrected chi connectivity index (χ1v) is 6.39. The quantitative estimate of drug-likeness (QED) is 0.708. The molecule has 2 fully saturated rings. The van der Waals surface area contributed by atoms with E-state index in [0.717, 1.165) is 31.0 Å². The largest absolute Gasteiger partial charge is 0.336 e. The van der Waals surface area contributed by atoms with Crippen LogP contribution in [0.5, 0.6) is 0 Å². The van der Waals surface area contributed by atoms with Crippen molar-refractivity contribution in [3.8, 4) is 0 Å². The van der Waals surface area contributed by atoms with Crippen LogP contribution in [0.4, 0.5) is 0 Å². The van der Waals surface area contributed by atoms with Crippen molar-refractivity contribution in [1.29, 1.82) is 0 Å². The van der Waals surface area contributed by atoms with Crippen LogP contribution in [-0.4, -0.2) is 40.6 Å². The minimum absolute atomic E-state index is 0.0670. The molecule has 2 aliphatic rings. The average Bonchev–Trinajstić information content (AvgIpc) is 2.71. The molecule has 1 atom stereocenters. The second-order valence-electron chi connectivity index (χ2n) is 4.68. The van der Waals surface area contributed by atoms with Gasteiger partial charge in [0.15, 0.2) is 0 Å². The number of carbonyl (C=O) groups excluding carboxylic acids is 1. The maximum Gasteiger partial charge on any atom is 0.241 e. The van der Waals surface area contributed by atoms with E-state index >= 15 is 0 Å². The zero-order valence-corrected chi connectivity index (χ0v) is 9.69. The molecule has 0 saturated carbocycles. The monoisotopic (exact) mass is 214 g/mol. The van der Waals surface area contributed by atoms with E-state index in [1.54, 1.807) is 0 Å². The number of nitrogens with zero attached hydrogens (tertiary/aromatic N) is 1. The molecule has 0 aromatic carbocycles. The fraction of sp³-hybridized carbons (Fsp3) is 0.900. The number of amides is 1. The molecule has 0 bridgehead atoms. The number of nitrogens with one attached hydrogen (secondary N) is 1. The van der Waals surface area contributed by atoms with Gasteiger partial charge in [-0.1, -0.05) is 0 Å². The summed E-state index contributed by atoms with van der Waals surface area (Å²) in [4.78, 5) is 14.2. The van der Waals surface area contributed by atoms with Gasteiger partial charge >= 0.3 is 0 Å². The van der Waals surface area contributed by atoms with Gasteiger partial charge in [-0.15, -0.1) is 11.8 Å². The van der Waals surface area contributed by atoms with Crippen molar-refractivity contribution >= 4 is 17.7 Å². The van der Waals surface area contributed by atoms with Crippen molar-refractivity contribution in [3.63, 3.8) is 0 Å². The van der Waals surface area contributed by atoms with Crippen LogP contribution in [0.15, 0.2) is 0 Å². The molecule has 2 aliphatic heterocycles. The highest BCUT2D eigenvalue weighted by Crippen LogP contribution is 2.29. The number of hydrogen-bond acceptors (Lipinski definition) is 3. The summed E-state index contributed by atoms with van der Waals surface area (Å²) in [5.74, 6) is 2.16. The minimum Gasteiger partial charge on any atom is -0.336 e. The summed E-state index contributed by atoms with van der Waals surface area (Å²) >= 11 is 1.81. The summed E-state index contributed by atoms with van der Waals surface area (Å²) < 4.78 is 0. The second kappa shape index (κ2) is 3.74. The molecular formula is C10H18N2OS. The lowest BCUT2D eigenvalue weighted by Crippen LogP contribution is -2.50. The molecule has 0 aromatic rings.